The Morgan fingerprint density at radius 3 is 2.86 bits per heavy atom. The zero-order valence-electron chi connectivity index (χ0n) is 16.5. The minimum absolute atomic E-state index is 0.0921. The molecule has 0 radical (unpaired) electrons. The summed E-state index contributed by atoms with van der Waals surface area (Å²) in [7, 11) is 1.58. The Bertz CT molecular complexity index is 787. The van der Waals surface area contributed by atoms with E-state index in [0.29, 0.717) is 34.7 Å². The molecule has 0 saturated carbocycles. The molecule has 28 heavy (non-hydrogen) atoms. The van der Waals surface area contributed by atoms with Crippen LogP contribution in [0.2, 0.25) is 5.02 Å². The van der Waals surface area contributed by atoms with Crippen molar-refractivity contribution in [1.82, 2.24) is 10.2 Å². The summed E-state index contributed by atoms with van der Waals surface area (Å²) in [6.45, 7) is 6.26. The Morgan fingerprint density at radius 1 is 1.29 bits per heavy atom. The van der Waals surface area contributed by atoms with Gasteiger partial charge in [-0.1, -0.05) is 36.7 Å². The Morgan fingerprint density at radius 2 is 2.11 bits per heavy atom. The van der Waals surface area contributed by atoms with Crippen molar-refractivity contribution in [1.29, 1.82) is 0 Å². The van der Waals surface area contributed by atoms with E-state index in [1.54, 1.807) is 25.3 Å². The fourth-order valence-corrected chi connectivity index (χ4v) is 3.99. The molecule has 2 aromatic carbocycles. The molecule has 2 aromatic rings. The molecule has 1 aliphatic rings. The van der Waals surface area contributed by atoms with E-state index in [2.05, 4.69) is 17.1 Å². The predicted molar refractivity (Wildman–Crippen MR) is 111 cm³/mol. The third-order valence-electron chi connectivity index (χ3n) is 5.23. The lowest BCUT2D eigenvalue weighted by molar-refractivity contribution is 0.259. The number of ether oxygens (including phenoxy) is 2. The second-order valence-electron chi connectivity index (χ2n) is 7.04. The van der Waals surface area contributed by atoms with Crippen molar-refractivity contribution in [2.45, 2.75) is 39.0 Å². The maximum absolute atomic E-state index is 13.8. The van der Waals surface area contributed by atoms with Crippen LogP contribution in [0.25, 0.3) is 0 Å². The summed E-state index contributed by atoms with van der Waals surface area (Å²) >= 11 is 6.44. The number of nitrogens with zero attached hydrogens (tertiary/aromatic N) is 1. The number of methoxy groups -OCH3 is 1. The number of nitrogens with one attached hydrogen (secondary N) is 1. The average molecular weight is 407 g/mol. The first-order valence-electron chi connectivity index (χ1n) is 9.79. The molecule has 0 bridgehead atoms. The molecule has 0 amide bonds. The Kier molecular flexibility index (Phi) is 7.54. The van der Waals surface area contributed by atoms with Crippen molar-refractivity contribution in [3.8, 4) is 11.5 Å². The van der Waals surface area contributed by atoms with E-state index in [4.69, 9.17) is 21.1 Å². The van der Waals surface area contributed by atoms with Gasteiger partial charge in [0.2, 0.25) is 0 Å². The number of rotatable bonds is 9. The summed E-state index contributed by atoms with van der Waals surface area (Å²) < 4.78 is 25.0. The van der Waals surface area contributed by atoms with Gasteiger partial charge in [-0.05, 0) is 49.7 Å². The zero-order chi connectivity index (χ0) is 19.9. The lowest BCUT2D eigenvalue weighted by Gasteiger charge is -2.23. The van der Waals surface area contributed by atoms with Crippen LogP contribution in [0.3, 0.4) is 0 Å². The number of halogens is 2. The Hall–Kier alpha value is -1.82. The van der Waals surface area contributed by atoms with E-state index in [0.717, 1.165) is 18.7 Å². The predicted octanol–water partition coefficient (Wildman–Crippen LogP) is 4.64. The van der Waals surface area contributed by atoms with Crippen molar-refractivity contribution in [2.24, 2.45) is 0 Å². The highest BCUT2D eigenvalue weighted by molar-refractivity contribution is 6.32. The molecule has 1 heterocycles. The summed E-state index contributed by atoms with van der Waals surface area (Å²) in [4.78, 5) is 2.51. The van der Waals surface area contributed by atoms with Gasteiger partial charge < -0.3 is 14.8 Å². The lowest BCUT2D eigenvalue weighted by atomic mass is 10.1. The van der Waals surface area contributed by atoms with Gasteiger partial charge in [0.25, 0.3) is 0 Å². The van der Waals surface area contributed by atoms with Gasteiger partial charge in [-0.15, -0.1) is 0 Å². The van der Waals surface area contributed by atoms with Crippen LogP contribution in [-0.2, 0) is 13.2 Å². The first kappa shape index (κ1) is 20.9. The summed E-state index contributed by atoms with van der Waals surface area (Å²) in [6.07, 6.45) is 2.52. The van der Waals surface area contributed by atoms with Crippen LogP contribution in [0.15, 0.2) is 36.4 Å². The fraction of sp³-hybridized carbons (Fsp3) is 0.455. The molecular formula is C22H28ClFN2O2. The molecule has 152 valence electrons. The normalized spacial score (nSPS) is 17.1. The number of hydrogen-bond acceptors (Lipinski definition) is 4. The Balaban J connectivity index is 1.61. The van der Waals surface area contributed by atoms with E-state index in [-0.39, 0.29) is 12.4 Å². The standard InChI is InChI=1S/C22H28ClFN2O2/c1-3-26-10-6-8-18(26)14-25-13-16-11-19(23)22(21(12-16)27-2)28-15-17-7-4-5-9-20(17)24/h4-5,7,9,11-12,18,25H,3,6,8,10,13-15H2,1-2H3/t18-/m0/s1. The summed E-state index contributed by atoms with van der Waals surface area (Å²) in [6, 6.07) is 10.9. The van der Waals surface area contributed by atoms with Crippen LogP contribution in [0.1, 0.15) is 30.9 Å². The third kappa shape index (κ3) is 5.16. The molecule has 3 rings (SSSR count). The molecule has 0 unspecified atom stereocenters. The number of benzene rings is 2. The van der Waals surface area contributed by atoms with Gasteiger partial charge in [0, 0.05) is 24.7 Å². The van der Waals surface area contributed by atoms with E-state index >= 15 is 0 Å². The highest BCUT2D eigenvalue weighted by atomic mass is 35.5. The van der Waals surface area contributed by atoms with Crippen molar-refractivity contribution >= 4 is 11.6 Å². The van der Waals surface area contributed by atoms with Gasteiger partial charge in [-0.3, -0.25) is 4.90 Å². The topological polar surface area (TPSA) is 33.7 Å². The van der Waals surface area contributed by atoms with Gasteiger partial charge in [-0.25, -0.2) is 4.39 Å². The molecule has 6 heteroatoms. The quantitative estimate of drug-likeness (QED) is 0.657. The Labute approximate surface area is 171 Å². The molecule has 0 aromatic heterocycles. The number of likely N-dealkylation sites (N-methyl/N-ethyl adjacent to an activating group) is 1. The molecule has 0 aliphatic carbocycles. The molecule has 1 saturated heterocycles. The maximum atomic E-state index is 13.8. The lowest BCUT2D eigenvalue weighted by Crippen LogP contribution is -2.37. The molecule has 0 spiro atoms. The van der Waals surface area contributed by atoms with Crippen LogP contribution in [0.4, 0.5) is 4.39 Å². The summed E-state index contributed by atoms with van der Waals surface area (Å²) in [5.74, 6) is 0.687. The number of likely N-dealkylation sites (tertiary alicyclic amines) is 1. The molecule has 4 nitrogen and oxygen atoms in total. The van der Waals surface area contributed by atoms with Crippen molar-refractivity contribution in [3.05, 3.63) is 58.4 Å². The highest BCUT2D eigenvalue weighted by Gasteiger charge is 2.22. The monoisotopic (exact) mass is 406 g/mol. The van der Waals surface area contributed by atoms with E-state index in [1.165, 1.54) is 25.5 Å². The van der Waals surface area contributed by atoms with Crippen LogP contribution in [0, 0.1) is 5.82 Å². The largest absolute Gasteiger partial charge is 0.493 e. The molecule has 1 fully saturated rings. The van der Waals surface area contributed by atoms with Gasteiger partial charge >= 0.3 is 0 Å². The van der Waals surface area contributed by atoms with Crippen LogP contribution in [-0.4, -0.2) is 37.7 Å². The van der Waals surface area contributed by atoms with Crippen LogP contribution >= 0.6 is 11.6 Å². The van der Waals surface area contributed by atoms with Crippen LogP contribution < -0.4 is 14.8 Å². The minimum atomic E-state index is -0.300. The van der Waals surface area contributed by atoms with Gasteiger partial charge in [0.15, 0.2) is 11.5 Å². The van der Waals surface area contributed by atoms with Crippen LogP contribution in [0.5, 0.6) is 11.5 Å². The zero-order valence-corrected chi connectivity index (χ0v) is 17.3. The van der Waals surface area contributed by atoms with Gasteiger partial charge in [-0.2, -0.15) is 0 Å². The van der Waals surface area contributed by atoms with Gasteiger partial charge in [0.1, 0.15) is 12.4 Å². The minimum Gasteiger partial charge on any atom is -0.493 e. The highest BCUT2D eigenvalue weighted by Crippen LogP contribution is 2.37. The van der Waals surface area contributed by atoms with E-state index in [9.17, 15) is 4.39 Å². The maximum Gasteiger partial charge on any atom is 0.180 e. The summed E-state index contributed by atoms with van der Waals surface area (Å²) in [5.41, 5.74) is 1.50. The van der Waals surface area contributed by atoms with E-state index < -0.39 is 0 Å². The molecular weight excluding hydrogens is 379 g/mol. The smallest absolute Gasteiger partial charge is 0.180 e. The third-order valence-corrected chi connectivity index (χ3v) is 5.51. The fourth-order valence-electron chi connectivity index (χ4n) is 3.71. The van der Waals surface area contributed by atoms with Crippen molar-refractivity contribution in [2.75, 3.05) is 26.7 Å². The van der Waals surface area contributed by atoms with Crippen molar-refractivity contribution < 1.29 is 13.9 Å². The van der Waals surface area contributed by atoms with E-state index in [1.807, 2.05) is 12.1 Å². The SMILES string of the molecule is CCN1CCC[C@H]1CNCc1cc(Cl)c(OCc2ccccc2F)c(OC)c1. The van der Waals surface area contributed by atoms with Crippen molar-refractivity contribution in [3.63, 3.8) is 0 Å². The second-order valence-corrected chi connectivity index (χ2v) is 7.45. The van der Waals surface area contributed by atoms with Gasteiger partial charge in [0.05, 0.1) is 12.1 Å². The molecule has 1 N–H and O–H groups in total. The molecule has 1 atom stereocenters. The summed E-state index contributed by atoms with van der Waals surface area (Å²) in [5, 5.41) is 3.99. The number of hydrogen-bond donors (Lipinski definition) is 1. The first-order chi connectivity index (χ1) is 13.6. The molecule has 1 aliphatic heterocycles. The first-order valence-corrected chi connectivity index (χ1v) is 10.2. The average Bonchev–Trinajstić information content (AvgIpc) is 3.15. The second kappa shape index (κ2) is 10.1.